The number of allylic oxidation sites excluding steroid dienone is 1. The highest BCUT2D eigenvalue weighted by Gasteiger charge is 2.36. The van der Waals surface area contributed by atoms with Crippen LogP contribution in [0.3, 0.4) is 0 Å². The van der Waals surface area contributed by atoms with Crippen molar-refractivity contribution in [3.05, 3.63) is 58.5 Å². The van der Waals surface area contributed by atoms with Crippen LogP contribution < -0.4 is 0 Å². The van der Waals surface area contributed by atoms with Gasteiger partial charge in [-0.3, -0.25) is 4.90 Å². The molecule has 1 atom stereocenters. The van der Waals surface area contributed by atoms with E-state index in [1.165, 1.54) is 5.56 Å². The third-order valence-corrected chi connectivity index (χ3v) is 7.13. The van der Waals surface area contributed by atoms with E-state index >= 15 is 0 Å². The van der Waals surface area contributed by atoms with Gasteiger partial charge in [0.1, 0.15) is 5.82 Å². The molecule has 2 aliphatic rings. The number of piperazine rings is 1. The standard InChI is InChI=1S/C18H22N4O2S/c1-21-10-11-22(13-17(21)18-19-8-9-20-18)25(23,24)16-7-6-14-4-2-3-5-15(14)12-16/h2-5,8-9,12,17H,6-7,10-11,13H2,1H3,(H,19,20). The minimum Gasteiger partial charge on any atom is -0.347 e. The molecule has 25 heavy (non-hydrogen) atoms. The number of H-pyrrole nitrogens is 1. The molecule has 0 bridgehead atoms. The second kappa shape index (κ2) is 6.40. The maximum atomic E-state index is 13.2. The molecule has 1 N–H and O–H groups in total. The molecule has 132 valence electrons. The summed E-state index contributed by atoms with van der Waals surface area (Å²) in [7, 11) is -1.44. The number of imidazole rings is 1. The van der Waals surface area contributed by atoms with Gasteiger partial charge in [-0.1, -0.05) is 24.3 Å². The minimum atomic E-state index is -3.45. The molecule has 1 aromatic heterocycles. The van der Waals surface area contributed by atoms with Gasteiger partial charge in [0.2, 0.25) is 10.0 Å². The molecular formula is C18H22N4O2S. The SMILES string of the molecule is CN1CCN(S(=O)(=O)C2=Cc3ccccc3CC2)CC1c1ncc[nH]1. The third kappa shape index (κ3) is 3.03. The molecule has 1 aromatic carbocycles. The Morgan fingerprint density at radius 3 is 2.84 bits per heavy atom. The molecule has 0 saturated carbocycles. The molecule has 1 saturated heterocycles. The number of nitrogens with zero attached hydrogens (tertiary/aromatic N) is 3. The summed E-state index contributed by atoms with van der Waals surface area (Å²) in [5.74, 6) is 0.811. The topological polar surface area (TPSA) is 69.3 Å². The van der Waals surface area contributed by atoms with E-state index in [4.69, 9.17) is 0 Å². The van der Waals surface area contributed by atoms with Crippen molar-refractivity contribution in [3.8, 4) is 0 Å². The van der Waals surface area contributed by atoms with E-state index in [1.807, 2.05) is 31.3 Å². The van der Waals surface area contributed by atoms with Crippen LogP contribution in [-0.2, 0) is 16.4 Å². The Morgan fingerprint density at radius 2 is 2.04 bits per heavy atom. The zero-order valence-electron chi connectivity index (χ0n) is 14.2. The van der Waals surface area contributed by atoms with Crippen LogP contribution >= 0.6 is 0 Å². The number of hydrogen-bond acceptors (Lipinski definition) is 4. The number of hydrogen-bond donors (Lipinski definition) is 1. The molecule has 0 spiro atoms. The smallest absolute Gasteiger partial charge is 0.239 e. The normalized spacial score (nSPS) is 22.4. The van der Waals surface area contributed by atoms with Gasteiger partial charge in [-0.15, -0.1) is 0 Å². The minimum absolute atomic E-state index is 0.0463. The average molecular weight is 358 g/mol. The molecule has 4 rings (SSSR count). The Bertz CT molecular complexity index is 890. The summed E-state index contributed by atoms with van der Waals surface area (Å²) in [5.41, 5.74) is 2.23. The predicted molar refractivity (Wildman–Crippen MR) is 97.2 cm³/mol. The third-order valence-electron chi connectivity index (χ3n) is 5.13. The summed E-state index contributed by atoms with van der Waals surface area (Å²) in [6.45, 7) is 1.62. The number of rotatable bonds is 3. The number of aromatic nitrogens is 2. The predicted octanol–water partition coefficient (Wildman–Crippen LogP) is 2.02. The number of nitrogens with one attached hydrogen (secondary N) is 1. The van der Waals surface area contributed by atoms with Crippen LogP contribution in [0.1, 0.15) is 29.4 Å². The van der Waals surface area contributed by atoms with E-state index < -0.39 is 10.0 Å². The molecule has 1 unspecified atom stereocenters. The van der Waals surface area contributed by atoms with Crippen molar-refractivity contribution >= 4 is 16.1 Å². The van der Waals surface area contributed by atoms with Gasteiger partial charge < -0.3 is 4.98 Å². The number of aryl methyl sites for hydroxylation is 1. The number of fused-ring (bicyclic) bond motifs is 1. The van der Waals surface area contributed by atoms with Gasteiger partial charge in [0, 0.05) is 32.0 Å². The van der Waals surface area contributed by atoms with Gasteiger partial charge in [0.15, 0.2) is 0 Å². The molecule has 2 heterocycles. The van der Waals surface area contributed by atoms with Gasteiger partial charge in [0.25, 0.3) is 0 Å². The lowest BCUT2D eigenvalue weighted by atomic mass is 9.98. The highest BCUT2D eigenvalue weighted by Crippen LogP contribution is 2.31. The van der Waals surface area contributed by atoms with E-state index in [2.05, 4.69) is 20.9 Å². The summed E-state index contributed by atoms with van der Waals surface area (Å²) in [4.78, 5) is 10.1. The Hall–Kier alpha value is -1.96. The summed E-state index contributed by atoms with van der Waals surface area (Å²) in [6.07, 6.45) is 6.66. The zero-order chi connectivity index (χ0) is 17.4. The van der Waals surface area contributed by atoms with Crippen molar-refractivity contribution in [2.75, 3.05) is 26.7 Å². The van der Waals surface area contributed by atoms with Crippen LogP contribution in [0.15, 0.2) is 41.6 Å². The monoisotopic (exact) mass is 358 g/mol. The Balaban J connectivity index is 1.62. The Morgan fingerprint density at radius 1 is 1.20 bits per heavy atom. The van der Waals surface area contributed by atoms with Crippen molar-refractivity contribution in [2.24, 2.45) is 0 Å². The van der Waals surface area contributed by atoms with E-state index in [9.17, 15) is 8.42 Å². The molecule has 0 amide bonds. The first-order chi connectivity index (χ1) is 12.1. The summed E-state index contributed by atoms with van der Waals surface area (Å²) in [6, 6.07) is 7.96. The van der Waals surface area contributed by atoms with Crippen LogP contribution in [0, 0.1) is 0 Å². The fraction of sp³-hybridized carbons (Fsp3) is 0.389. The molecular weight excluding hydrogens is 336 g/mol. The van der Waals surface area contributed by atoms with Gasteiger partial charge in [-0.05, 0) is 37.1 Å². The van der Waals surface area contributed by atoms with Crippen molar-refractivity contribution < 1.29 is 8.42 Å². The van der Waals surface area contributed by atoms with Gasteiger partial charge >= 0.3 is 0 Å². The molecule has 7 heteroatoms. The van der Waals surface area contributed by atoms with Crippen molar-refractivity contribution in [2.45, 2.75) is 18.9 Å². The second-order valence-corrected chi connectivity index (χ2v) is 8.63. The maximum Gasteiger partial charge on any atom is 0.239 e. The van der Waals surface area contributed by atoms with Crippen LogP contribution in [-0.4, -0.2) is 54.3 Å². The van der Waals surface area contributed by atoms with Gasteiger partial charge in [0.05, 0.1) is 10.9 Å². The largest absolute Gasteiger partial charge is 0.347 e. The zero-order valence-corrected chi connectivity index (χ0v) is 15.0. The highest BCUT2D eigenvalue weighted by atomic mass is 32.2. The Labute approximate surface area is 148 Å². The van der Waals surface area contributed by atoms with Crippen LogP contribution in [0.2, 0.25) is 0 Å². The van der Waals surface area contributed by atoms with E-state index in [-0.39, 0.29) is 6.04 Å². The summed E-state index contributed by atoms with van der Waals surface area (Å²) < 4.78 is 28.0. The van der Waals surface area contributed by atoms with Crippen molar-refractivity contribution in [1.82, 2.24) is 19.2 Å². The van der Waals surface area contributed by atoms with Crippen LogP contribution in [0.25, 0.3) is 6.08 Å². The first-order valence-electron chi connectivity index (χ1n) is 8.54. The first-order valence-corrected chi connectivity index (χ1v) is 9.98. The van der Waals surface area contributed by atoms with Crippen molar-refractivity contribution in [1.29, 1.82) is 0 Å². The molecule has 1 aliphatic heterocycles. The van der Waals surface area contributed by atoms with Crippen LogP contribution in [0.4, 0.5) is 0 Å². The molecule has 2 aromatic rings. The average Bonchev–Trinajstić information content (AvgIpc) is 3.16. The number of benzene rings is 1. The molecule has 1 fully saturated rings. The lowest BCUT2D eigenvalue weighted by Gasteiger charge is -2.38. The number of aromatic amines is 1. The number of sulfonamides is 1. The summed E-state index contributed by atoms with van der Waals surface area (Å²) in [5, 5.41) is 0. The fourth-order valence-electron chi connectivity index (χ4n) is 3.60. The molecule has 0 radical (unpaired) electrons. The lowest BCUT2D eigenvalue weighted by molar-refractivity contribution is 0.143. The Kier molecular flexibility index (Phi) is 4.23. The fourth-order valence-corrected chi connectivity index (χ4v) is 5.22. The lowest BCUT2D eigenvalue weighted by Crippen LogP contribution is -2.49. The van der Waals surface area contributed by atoms with E-state index in [0.29, 0.717) is 31.0 Å². The number of likely N-dealkylation sites (N-methyl/N-ethyl adjacent to an activating group) is 1. The maximum absolute atomic E-state index is 13.2. The first kappa shape index (κ1) is 16.5. The van der Waals surface area contributed by atoms with Gasteiger partial charge in [-0.25, -0.2) is 13.4 Å². The molecule has 6 nitrogen and oxygen atoms in total. The van der Waals surface area contributed by atoms with Crippen LogP contribution in [0.5, 0.6) is 0 Å². The van der Waals surface area contributed by atoms with E-state index in [0.717, 1.165) is 17.8 Å². The summed E-state index contributed by atoms with van der Waals surface area (Å²) >= 11 is 0. The quantitative estimate of drug-likeness (QED) is 0.911. The second-order valence-electron chi connectivity index (χ2n) is 6.64. The molecule has 1 aliphatic carbocycles. The van der Waals surface area contributed by atoms with Gasteiger partial charge in [-0.2, -0.15) is 4.31 Å². The van der Waals surface area contributed by atoms with E-state index in [1.54, 1.807) is 16.7 Å². The highest BCUT2D eigenvalue weighted by molar-refractivity contribution is 7.93. The van der Waals surface area contributed by atoms with Crippen molar-refractivity contribution in [3.63, 3.8) is 0 Å².